The van der Waals surface area contributed by atoms with Crippen molar-refractivity contribution in [2.45, 2.75) is 22.5 Å². The summed E-state index contributed by atoms with van der Waals surface area (Å²) in [4.78, 5) is 1.28. The fraction of sp³-hybridized carbons (Fsp3) is 0.182. The topological polar surface area (TPSA) is 0 Å². The third kappa shape index (κ3) is 1.97. The van der Waals surface area contributed by atoms with Crippen molar-refractivity contribution in [1.29, 1.82) is 0 Å². The Kier molecular flexibility index (Phi) is 3.01. The van der Waals surface area contributed by atoms with Gasteiger partial charge in [0.1, 0.15) is 0 Å². The molecule has 6 rings (SSSR count). The molecule has 3 aliphatic rings. The van der Waals surface area contributed by atoms with E-state index in [1.807, 2.05) is 0 Å². The zero-order valence-electron chi connectivity index (χ0n) is 13.1. The Morgan fingerprint density at radius 1 is 0.652 bits per heavy atom. The van der Waals surface area contributed by atoms with Crippen LogP contribution in [0.4, 0.5) is 0 Å². The van der Waals surface area contributed by atoms with E-state index in [9.17, 15) is 0 Å². The molecule has 1 unspecified atom stereocenters. The van der Waals surface area contributed by atoms with Gasteiger partial charge in [0.25, 0.3) is 0 Å². The summed E-state index contributed by atoms with van der Waals surface area (Å²) in [5, 5.41) is 0. The van der Waals surface area contributed by atoms with Crippen molar-refractivity contribution in [2.75, 3.05) is 0 Å². The van der Waals surface area contributed by atoms with Crippen LogP contribution >= 0.6 is 0 Å². The van der Waals surface area contributed by atoms with Crippen LogP contribution in [-0.4, -0.2) is 15.0 Å². The summed E-state index contributed by atoms with van der Waals surface area (Å²) in [6, 6.07) is 27.5. The van der Waals surface area contributed by atoms with E-state index >= 15 is 0 Å². The predicted molar refractivity (Wildman–Crippen MR) is 96.2 cm³/mol. The molecular formula is C22H18Se. The summed E-state index contributed by atoms with van der Waals surface area (Å²) in [7, 11) is 0. The van der Waals surface area contributed by atoms with Crippen LogP contribution in [0.5, 0.6) is 0 Å². The van der Waals surface area contributed by atoms with Gasteiger partial charge in [0.2, 0.25) is 0 Å². The first-order chi connectivity index (χ1) is 11.3. The van der Waals surface area contributed by atoms with Crippen LogP contribution in [0.1, 0.15) is 48.9 Å². The molecule has 0 aromatic heterocycles. The monoisotopic (exact) mass is 362 g/mol. The van der Waals surface area contributed by atoms with Gasteiger partial charge in [-0.15, -0.1) is 0 Å². The Morgan fingerprint density at radius 2 is 1.17 bits per heavy atom. The molecule has 1 heteroatoms. The quantitative estimate of drug-likeness (QED) is 0.536. The number of hydrogen-bond acceptors (Lipinski definition) is 0. The van der Waals surface area contributed by atoms with Gasteiger partial charge in [-0.3, -0.25) is 0 Å². The molecule has 0 saturated heterocycles. The van der Waals surface area contributed by atoms with Gasteiger partial charge in [0, 0.05) is 0 Å². The van der Waals surface area contributed by atoms with Crippen LogP contribution in [0, 0.1) is 6.92 Å². The molecule has 3 aromatic carbocycles. The van der Waals surface area contributed by atoms with Gasteiger partial charge in [-0.25, -0.2) is 0 Å². The van der Waals surface area contributed by atoms with E-state index in [2.05, 4.69) is 79.7 Å². The Labute approximate surface area is 143 Å². The molecule has 0 N–H and O–H groups in total. The van der Waals surface area contributed by atoms with Crippen LogP contribution in [0.3, 0.4) is 0 Å². The molecule has 0 saturated carbocycles. The van der Waals surface area contributed by atoms with E-state index in [4.69, 9.17) is 0 Å². The van der Waals surface area contributed by atoms with Crippen molar-refractivity contribution in [3.63, 3.8) is 0 Å². The molecule has 2 heterocycles. The van der Waals surface area contributed by atoms with Gasteiger partial charge in [0.15, 0.2) is 0 Å². The molecule has 1 atom stereocenters. The fourth-order valence-electron chi connectivity index (χ4n) is 4.13. The number of aryl methyl sites for hydroxylation is 1. The Bertz CT molecular complexity index is 831. The van der Waals surface area contributed by atoms with Gasteiger partial charge >= 0.3 is 144 Å². The third-order valence-corrected chi connectivity index (χ3v) is 8.61. The number of benzene rings is 3. The van der Waals surface area contributed by atoms with Crippen molar-refractivity contribution >= 4 is 15.0 Å². The fourth-order valence-corrected chi connectivity index (χ4v) is 7.86. The standard InChI is InChI=1S/C22H18Se/c1-14-10-12-15(13-11-14)21-20-16-6-2-4-8-18(16)22(23-21)19-9-5-3-7-17(19)20/h2-13,20-22H,1H3. The molecule has 2 aliphatic heterocycles. The van der Waals surface area contributed by atoms with Crippen LogP contribution < -0.4 is 0 Å². The first-order valence-electron chi connectivity index (χ1n) is 8.22. The maximum atomic E-state index is 2.36. The normalized spacial score (nSPS) is 24.1. The van der Waals surface area contributed by atoms with Crippen molar-refractivity contribution in [3.05, 3.63) is 106 Å². The van der Waals surface area contributed by atoms with Crippen LogP contribution in [0.15, 0.2) is 72.8 Å². The summed E-state index contributed by atoms with van der Waals surface area (Å²) in [6.07, 6.45) is 0. The first-order valence-corrected chi connectivity index (χ1v) is 10.2. The van der Waals surface area contributed by atoms with E-state index < -0.39 is 0 Å². The second kappa shape index (κ2) is 5.09. The van der Waals surface area contributed by atoms with Crippen molar-refractivity contribution < 1.29 is 0 Å². The Balaban J connectivity index is 1.72. The molecule has 3 aromatic rings. The zero-order valence-corrected chi connectivity index (χ0v) is 14.8. The summed E-state index contributed by atoms with van der Waals surface area (Å²) < 4.78 is 0. The molecule has 23 heavy (non-hydrogen) atoms. The minimum absolute atomic E-state index is 0.537. The van der Waals surface area contributed by atoms with E-state index in [0.717, 1.165) is 0 Å². The minimum atomic E-state index is 0.537. The second-order valence-electron chi connectivity index (χ2n) is 6.58. The molecule has 0 spiro atoms. The molecule has 2 bridgehead atoms. The average Bonchev–Trinajstić information content (AvgIpc) is 2.62. The predicted octanol–water partition coefficient (Wildman–Crippen LogP) is 4.99. The second-order valence-corrected chi connectivity index (χ2v) is 9.21. The number of rotatable bonds is 1. The zero-order chi connectivity index (χ0) is 15.4. The molecule has 0 radical (unpaired) electrons. The molecule has 0 amide bonds. The van der Waals surface area contributed by atoms with Gasteiger partial charge in [0.05, 0.1) is 0 Å². The summed E-state index contributed by atoms with van der Waals surface area (Å²) in [6.45, 7) is 2.17. The first kappa shape index (κ1) is 13.6. The molecule has 1 aliphatic carbocycles. The van der Waals surface area contributed by atoms with E-state index in [1.54, 1.807) is 22.3 Å². The molecular weight excluding hydrogens is 343 g/mol. The van der Waals surface area contributed by atoms with Gasteiger partial charge < -0.3 is 0 Å². The van der Waals surface area contributed by atoms with E-state index in [1.165, 1.54) is 11.1 Å². The summed E-state index contributed by atoms with van der Waals surface area (Å²) in [5.41, 5.74) is 9.17. The summed E-state index contributed by atoms with van der Waals surface area (Å²) >= 11 is 0.572. The van der Waals surface area contributed by atoms with Gasteiger partial charge in [-0.1, -0.05) is 0 Å². The van der Waals surface area contributed by atoms with Crippen LogP contribution in [0.2, 0.25) is 0 Å². The van der Waals surface area contributed by atoms with Gasteiger partial charge in [-0.05, 0) is 0 Å². The van der Waals surface area contributed by atoms with E-state index in [0.29, 0.717) is 30.5 Å². The molecule has 0 nitrogen and oxygen atoms in total. The van der Waals surface area contributed by atoms with Crippen LogP contribution in [0.25, 0.3) is 0 Å². The SMILES string of the molecule is Cc1ccc(C2[Se]C3c4ccccc4C2c2ccccc23)cc1. The van der Waals surface area contributed by atoms with E-state index in [-0.39, 0.29) is 0 Å². The molecule has 0 fully saturated rings. The molecule has 112 valence electrons. The van der Waals surface area contributed by atoms with Crippen LogP contribution in [-0.2, 0) is 0 Å². The van der Waals surface area contributed by atoms with Crippen molar-refractivity contribution in [2.24, 2.45) is 0 Å². The maximum absolute atomic E-state index is 2.36. The average molecular weight is 361 g/mol. The summed E-state index contributed by atoms with van der Waals surface area (Å²) in [5.74, 6) is 0.537. The van der Waals surface area contributed by atoms with Gasteiger partial charge in [-0.2, -0.15) is 0 Å². The van der Waals surface area contributed by atoms with Crippen molar-refractivity contribution in [1.82, 2.24) is 0 Å². The third-order valence-electron chi connectivity index (χ3n) is 5.22. The number of fused-ring (bicyclic) bond motifs is 1. The number of hydrogen-bond donors (Lipinski definition) is 0. The van der Waals surface area contributed by atoms with Crippen molar-refractivity contribution in [3.8, 4) is 0 Å². The Hall–Kier alpha value is -1.82. The Morgan fingerprint density at radius 3 is 1.74 bits per heavy atom.